The summed E-state index contributed by atoms with van der Waals surface area (Å²) in [6.45, 7) is 5.42. The fraction of sp³-hybridized carbons (Fsp3) is 0.214. The maximum absolute atomic E-state index is 5.90. The summed E-state index contributed by atoms with van der Waals surface area (Å²) in [6.07, 6.45) is 1.83. The van der Waals surface area contributed by atoms with Crippen molar-refractivity contribution >= 4 is 23.0 Å². The van der Waals surface area contributed by atoms with Crippen LogP contribution in [0.15, 0.2) is 79.0 Å². The summed E-state index contributed by atoms with van der Waals surface area (Å²) in [5.41, 5.74) is 6.84. The van der Waals surface area contributed by atoms with Crippen LogP contribution in [0.25, 0.3) is 0 Å². The number of aryl methyl sites for hydroxylation is 1. The third kappa shape index (κ3) is 3.82. The Bertz CT molecular complexity index is 1390. The number of hydrogen-bond donors (Lipinski definition) is 1. The fourth-order valence-corrected chi connectivity index (χ4v) is 5.47. The van der Waals surface area contributed by atoms with Crippen LogP contribution in [0.3, 0.4) is 0 Å². The van der Waals surface area contributed by atoms with Crippen LogP contribution in [0.2, 0.25) is 0 Å². The molecule has 2 atom stereocenters. The molecular formula is C28H26N4O2S. The van der Waals surface area contributed by atoms with Gasteiger partial charge in [0.2, 0.25) is 6.79 Å². The van der Waals surface area contributed by atoms with Gasteiger partial charge in [-0.15, -0.1) is 0 Å². The van der Waals surface area contributed by atoms with Crippen molar-refractivity contribution in [1.29, 1.82) is 0 Å². The summed E-state index contributed by atoms with van der Waals surface area (Å²) in [6, 6.07) is 24.7. The Balaban J connectivity index is 1.46. The molecule has 0 aliphatic carbocycles. The first kappa shape index (κ1) is 21.7. The number of nitrogens with one attached hydrogen (secondary N) is 1. The van der Waals surface area contributed by atoms with Gasteiger partial charge in [0.25, 0.3) is 0 Å². The zero-order chi connectivity index (χ0) is 23.9. The lowest BCUT2D eigenvalue weighted by Gasteiger charge is -2.28. The first-order valence-electron chi connectivity index (χ1n) is 11.7. The van der Waals surface area contributed by atoms with Crippen molar-refractivity contribution in [3.05, 3.63) is 107 Å². The highest BCUT2D eigenvalue weighted by molar-refractivity contribution is 7.80. The van der Waals surface area contributed by atoms with Gasteiger partial charge in [0.05, 0.1) is 17.8 Å². The Hall–Kier alpha value is -3.84. The molecule has 0 unspecified atom stereocenters. The van der Waals surface area contributed by atoms with E-state index in [1.807, 2.05) is 36.5 Å². The van der Waals surface area contributed by atoms with E-state index in [9.17, 15) is 0 Å². The topological polar surface area (TPSA) is 51.6 Å². The third-order valence-electron chi connectivity index (χ3n) is 6.85. The number of anilines is 1. The van der Waals surface area contributed by atoms with Gasteiger partial charge >= 0.3 is 0 Å². The van der Waals surface area contributed by atoms with E-state index in [2.05, 4.69) is 76.1 Å². The van der Waals surface area contributed by atoms with Gasteiger partial charge in [-0.3, -0.25) is 4.98 Å². The molecule has 6 nitrogen and oxygen atoms in total. The van der Waals surface area contributed by atoms with E-state index in [-0.39, 0.29) is 18.9 Å². The molecule has 4 aromatic rings. The highest BCUT2D eigenvalue weighted by Gasteiger charge is 2.42. The molecule has 0 saturated carbocycles. The largest absolute Gasteiger partial charge is 0.454 e. The molecule has 4 heterocycles. The van der Waals surface area contributed by atoms with Gasteiger partial charge in [-0.25, -0.2) is 0 Å². The first-order chi connectivity index (χ1) is 17.1. The minimum Gasteiger partial charge on any atom is -0.454 e. The third-order valence-corrected chi connectivity index (χ3v) is 7.16. The summed E-state index contributed by atoms with van der Waals surface area (Å²) in [4.78, 5) is 6.87. The Kier molecular flexibility index (Phi) is 5.41. The van der Waals surface area contributed by atoms with Gasteiger partial charge in [-0.1, -0.05) is 36.4 Å². The lowest BCUT2D eigenvalue weighted by molar-refractivity contribution is 0.174. The van der Waals surface area contributed by atoms with Gasteiger partial charge in [0.1, 0.15) is 0 Å². The molecule has 2 aromatic heterocycles. The molecule has 0 amide bonds. The van der Waals surface area contributed by atoms with Crippen LogP contribution in [-0.4, -0.2) is 21.5 Å². The SMILES string of the molecule is Cc1cc([C@H]2[C@H](c3ccccn3)NC(=S)N2c2ccc3c(c2)OCO3)c(C)n1Cc1ccccc1. The summed E-state index contributed by atoms with van der Waals surface area (Å²) in [7, 11) is 0. The van der Waals surface area contributed by atoms with E-state index in [4.69, 9.17) is 21.7 Å². The summed E-state index contributed by atoms with van der Waals surface area (Å²) >= 11 is 5.90. The van der Waals surface area contributed by atoms with Crippen LogP contribution in [0.4, 0.5) is 5.69 Å². The van der Waals surface area contributed by atoms with E-state index in [1.165, 1.54) is 22.5 Å². The van der Waals surface area contributed by atoms with E-state index in [0.29, 0.717) is 5.11 Å². The van der Waals surface area contributed by atoms with Gasteiger partial charge in [0, 0.05) is 35.9 Å². The van der Waals surface area contributed by atoms with E-state index in [1.54, 1.807) is 0 Å². The predicted octanol–water partition coefficient (Wildman–Crippen LogP) is 5.45. The molecule has 0 bridgehead atoms. The van der Waals surface area contributed by atoms with Crippen molar-refractivity contribution in [1.82, 2.24) is 14.9 Å². The average molecular weight is 483 g/mol. The number of ether oxygens (including phenoxy) is 2. The molecule has 2 aliphatic heterocycles. The summed E-state index contributed by atoms with van der Waals surface area (Å²) in [5, 5.41) is 4.22. The van der Waals surface area contributed by atoms with Crippen molar-refractivity contribution in [2.75, 3.05) is 11.7 Å². The van der Waals surface area contributed by atoms with Crippen molar-refractivity contribution < 1.29 is 9.47 Å². The zero-order valence-electron chi connectivity index (χ0n) is 19.6. The monoisotopic (exact) mass is 482 g/mol. The number of pyridine rings is 1. The van der Waals surface area contributed by atoms with Crippen molar-refractivity contribution in [2.45, 2.75) is 32.5 Å². The molecule has 6 rings (SSSR count). The van der Waals surface area contributed by atoms with E-state index in [0.717, 1.165) is 29.4 Å². The Morgan fingerprint density at radius 1 is 0.971 bits per heavy atom. The number of hydrogen-bond acceptors (Lipinski definition) is 4. The normalized spacial score (nSPS) is 18.7. The van der Waals surface area contributed by atoms with Crippen LogP contribution < -0.4 is 19.7 Å². The summed E-state index contributed by atoms with van der Waals surface area (Å²) in [5.74, 6) is 1.49. The number of aromatic nitrogens is 2. The zero-order valence-corrected chi connectivity index (χ0v) is 20.5. The Morgan fingerprint density at radius 3 is 2.57 bits per heavy atom. The van der Waals surface area contributed by atoms with E-state index >= 15 is 0 Å². The maximum Gasteiger partial charge on any atom is 0.231 e. The highest BCUT2D eigenvalue weighted by atomic mass is 32.1. The summed E-state index contributed by atoms with van der Waals surface area (Å²) < 4.78 is 13.6. The van der Waals surface area contributed by atoms with Gasteiger partial charge in [0.15, 0.2) is 16.6 Å². The van der Waals surface area contributed by atoms with Crippen LogP contribution >= 0.6 is 12.2 Å². The van der Waals surface area contributed by atoms with Crippen LogP contribution in [-0.2, 0) is 6.54 Å². The number of nitrogens with zero attached hydrogens (tertiary/aromatic N) is 3. The van der Waals surface area contributed by atoms with Crippen LogP contribution in [0, 0.1) is 13.8 Å². The second-order valence-electron chi connectivity index (χ2n) is 8.93. The van der Waals surface area contributed by atoms with Crippen molar-refractivity contribution in [3.8, 4) is 11.5 Å². The molecule has 2 aromatic carbocycles. The highest BCUT2D eigenvalue weighted by Crippen LogP contribution is 2.45. The van der Waals surface area contributed by atoms with Gasteiger partial charge in [-0.05, 0) is 67.5 Å². The molecule has 0 radical (unpaired) electrons. The molecule has 176 valence electrons. The smallest absolute Gasteiger partial charge is 0.231 e. The Morgan fingerprint density at radius 2 is 1.77 bits per heavy atom. The number of rotatable bonds is 5. The van der Waals surface area contributed by atoms with Crippen molar-refractivity contribution in [3.63, 3.8) is 0 Å². The minimum absolute atomic E-state index is 0.0755. The molecular weight excluding hydrogens is 456 g/mol. The minimum atomic E-state index is -0.0974. The molecule has 1 saturated heterocycles. The quantitative estimate of drug-likeness (QED) is 0.382. The lowest BCUT2D eigenvalue weighted by Crippen LogP contribution is -2.29. The van der Waals surface area contributed by atoms with Gasteiger partial charge in [-0.2, -0.15) is 0 Å². The predicted molar refractivity (Wildman–Crippen MR) is 140 cm³/mol. The van der Waals surface area contributed by atoms with Crippen LogP contribution in [0.5, 0.6) is 11.5 Å². The second kappa shape index (κ2) is 8.74. The maximum atomic E-state index is 5.90. The number of fused-ring (bicyclic) bond motifs is 1. The molecule has 2 aliphatic rings. The number of benzene rings is 2. The molecule has 7 heteroatoms. The molecule has 1 fully saturated rings. The molecule has 35 heavy (non-hydrogen) atoms. The van der Waals surface area contributed by atoms with Crippen LogP contribution in [0.1, 0.15) is 40.3 Å². The van der Waals surface area contributed by atoms with E-state index < -0.39 is 0 Å². The first-order valence-corrected chi connectivity index (χ1v) is 12.1. The molecule has 0 spiro atoms. The van der Waals surface area contributed by atoms with Gasteiger partial charge < -0.3 is 24.3 Å². The average Bonchev–Trinajstić information content (AvgIpc) is 3.56. The standard InChI is InChI=1S/C28H26N4O2S/c1-18-14-22(19(2)31(18)16-20-8-4-3-5-9-20)27-26(23-10-6-7-13-29-23)30-28(35)32(27)21-11-12-24-25(15-21)34-17-33-24/h3-15,26-27H,16-17H2,1-2H3,(H,30,35)/t26-,27-/m0/s1. The second-order valence-corrected chi connectivity index (χ2v) is 9.32. The fourth-order valence-electron chi connectivity index (χ4n) is 5.12. The molecule has 1 N–H and O–H groups in total. The van der Waals surface area contributed by atoms with Crippen molar-refractivity contribution in [2.24, 2.45) is 0 Å². The number of thiocarbonyl (C=S) groups is 1. The Labute approximate surface area is 210 Å². The lowest BCUT2D eigenvalue weighted by atomic mass is 9.96.